The van der Waals surface area contributed by atoms with E-state index in [1.165, 1.54) is 172 Å². The molecule has 4 N–H and O–H groups in total. The van der Waals surface area contributed by atoms with Crippen LogP contribution in [0.2, 0.25) is 0 Å². The zero-order chi connectivity index (χ0) is 76.1. The normalized spacial score (nSPS) is 31.0. The topological polar surface area (TPSA) is 120 Å². The summed E-state index contributed by atoms with van der Waals surface area (Å²) in [6, 6.07) is 0. The molecule has 9 fully saturated rings. The van der Waals surface area contributed by atoms with Crippen LogP contribution in [0.1, 0.15) is 422 Å². The summed E-state index contributed by atoms with van der Waals surface area (Å²) in [5.41, 5.74) is 0.274. The molecular weight excluding hydrogens is 1200 g/mol. The molecule has 594 valence electrons. The summed E-state index contributed by atoms with van der Waals surface area (Å²) >= 11 is 0. The van der Waals surface area contributed by atoms with Crippen LogP contribution in [0.15, 0.2) is 24.0 Å². The number of aliphatic hydroxyl groups excluding tert-OH is 3. The van der Waals surface area contributed by atoms with Gasteiger partial charge in [-0.1, -0.05) is 281 Å². The molecular formula is C91H188O7. The van der Waals surface area contributed by atoms with Crippen LogP contribution < -0.4 is 0 Å². The third-order valence-electron chi connectivity index (χ3n) is 25.3. The maximum atomic E-state index is 10.6. The number of carbonyl (C=O) groups is 1. The van der Waals surface area contributed by atoms with Crippen molar-refractivity contribution in [2.24, 2.45) is 101 Å². The first-order valence-corrected chi connectivity index (χ1v) is 43.1. The third-order valence-corrected chi connectivity index (χ3v) is 25.3. The second kappa shape index (κ2) is 61.9. The van der Waals surface area contributed by atoms with Gasteiger partial charge in [-0.25, -0.2) is 0 Å². The van der Waals surface area contributed by atoms with E-state index in [-0.39, 0.29) is 14.4 Å². The highest BCUT2D eigenvalue weighted by molar-refractivity contribution is 5.66. The first kappa shape index (κ1) is 103. The highest BCUT2D eigenvalue weighted by Crippen LogP contribution is 2.58. The largest absolute Gasteiger partial charge is 0.516 e. The van der Waals surface area contributed by atoms with E-state index in [4.69, 9.17) is 29.9 Å². The van der Waals surface area contributed by atoms with E-state index < -0.39 is 17.8 Å². The predicted molar refractivity (Wildman–Crippen MR) is 440 cm³/mol. The summed E-state index contributed by atoms with van der Waals surface area (Å²) in [6.45, 7) is 63.0. The second-order valence-electron chi connectivity index (χ2n) is 33.8. The monoisotopic (exact) mass is 1390 g/mol. The van der Waals surface area contributed by atoms with Gasteiger partial charge in [0.15, 0.2) is 0 Å². The van der Waals surface area contributed by atoms with E-state index in [9.17, 15) is 4.79 Å². The summed E-state index contributed by atoms with van der Waals surface area (Å²) < 4.78 is 10.5. The second-order valence-corrected chi connectivity index (χ2v) is 33.8. The molecule has 9 aliphatic carbocycles. The van der Waals surface area contributed by atoms with Crippen LogP contribution in [0, 0.1) is 101 Å². The molecule has 1 heterocycles. The molecule has 7 nitrogen and oxygen atoms in total. The molecule has 0 aromatic rings. The smallest absolute Gasteiger partial charge is 0.303 e. The van der Waals surface area contributed by atoms with Gasteiger partial charge >= 0.3 is 5.97 Å². The lowest BCUT2D eigenvalue weighted by Gasteiger charge is -2.25. The minimum Gasteiger partial charge on any atom is -0.516 e. The van der Waals surface area contributed by atoms with E-state index in [0.29, 0.717) is 12.2 Å². The van der Waals surface area contributed by atoms with Crippen molar-refractivity contribution in [3.8, 4) is 0 Å². The van der Waals surface area contributed by atoms with Crippen molar-refractivity contribution in [1.82, 2.24) is 0 Å². The Morgan fingerprint density at radius 1 is 0.490 bits per heavy atom. The van der Waals surface area contributed by atoms with Gasteiger partial charge in [0.25, 0.3) is 0 Å². The summed E-state index contributed by atoms with van der Waals surface area (Å²) in [6.07, 6.45) is 51.6. The number of esters is 1. The van der Waals surface area contributed by atoms with E-state index in [1.807, 2.05) is 83.1 Å². The molecule has 8 saturated carbocycles. The van der Waals surface area contributed by atoms with Crippen LogP contribution in [-0.4, -0.2) is 62.0 Å². The van der Waals surface area contributed by atoms with Gasteiger partial charge in [0.1, 0.15) is 5.60 Å². The molecule has 18 unspecified atom stereocenters. The average Bonchev–Trinajstić information content (AvgIpc) is 1.63. The number of allylic oxidation sites excluding steroid dienone is 3. The van der Waals surface area contributed by atoms with Gasteiger partial charge in [-0.05, 0) is 250 Å². The Balaban J connectivity index is -0.000000241. The summed E-state index contributed by atoms with van der Waals surface area (Å²) in [5, 5.41) is 33.9. The van der Waals surface area contributed by atoms with E-state index >= 15 is 0 Å². The lowest BCUT2D eigenvalue weighted by Crippen LogP contribution is -2.28. The highest BCUT2D eigenvalue weighted by Gasteiger charge is 2.49. The number of epoxide rings is 1. The van der Waals surface area contributed by atoms with Crippen LogP contribution in [0.3, 0.4) is 0 Å². The van der Waals surface area contributed by atoms with E-state index in [2.05, 4.69) is 116 Å². The van der Waals surface area contributed by atoms with Crippen molar-refractivity contribution in [1.29, 1.82) is 0 Å². The Hall–Kier alpha value is -1.41. The summed E-state index contributed by atoms with van der Waals surface area (Å²) in [5.74, 6) is 17.5. The predicted octanol–water partition coefficient (Wildman–Crippen LogP) is 28.9. The fourth-order valence-electron chi connectivity index (χ4n) is 14.8. The number of hydrogen-bond donors (Lipinski definition) is 4. The molecule has 0 radical (unpaired) electrons. The van der Waals surface area contributed by atoms with Crippen molar-refractivity contribution >= 4 is 5.97 Å². The highest BCUT2D eigenvalue weighted by atomic mass is 16.6. The van der Waals surface area contributed by atoms with Crippen molar-refractivity contribution in [3.05, 3.63) is 24.0 Å². The Morgan fingerprint density at radius 3 is 1.04 bits per heavy atom. The van der Waals surface area contributed by atoms with Gasteiger partial charge in [0, 0.05) is 9.78 Å². The molecule has 0 aromatic carbocycles. The Labute approximate surface area is 620 Å². The molecule has 1 saturated heterocycles. The number of unbranched alkanes of at least 4 members (excludes halogenated alkanes) is 5. The Kier molecular flexibility index (Phi) is 65.0. The van der Waals surface area contributed by atoms with Crippen molar-refractivity contribution in [3.63, 3.8) is 0 Å². The number of rotatable bonds is 13. The average molecular weight is 1390 g/mol. The molecule has 0 aromatic heterocycles. The lowest BCUT2D eigenvalue weighted by molar-refractivity contribution is -0.155. The number of hydrogen-bond acceptors (Lipinski definition) is 7. The Bertz CT molecular complexity index is 1720. The number of carbonyl (C=O) groups excluding carboxylic acids is 1. The zero-order valence-electron chi connectivity index (χ0n) is 72.2. The SMILES string of the molecule is C1CC2C3CCC(C3)C2C1.CC.CC.CC(C)=CO.CC(O)C(C)O.CC1C2CCC(C2)C1C.CC1CC2OC2CC1C.CC1CC=CCC1C.CC1CCC(C)CC1.CC1CCCCC1C.CCC(C)(CC)OC(C)=O.CCC(C)(O)CC.CCC(C)CC.CCCCCCCC.[HH].[HH]. The van der Waals surface area contributed by atoms with E-state index in [0.717, 1.165) is 114 Å². The maximum absolute atomic E-state index is 10.6. The van der Waals surface area contributed by atoms with Crippen molar-refractivity contribution in [2.75, 3.05) is 0 Å². The first-order valence-electron chi connectivity index (χ1n) is 43.1. The molecule has 0 amide bonds. The summed E-state index contributed by atoms with van der Waals surface area (Å²) in [4.78, 5) is 10.6. The van der Waals surface area contributed by atoms with Crippen molar-refractivity contribution < 1.29 is 37.5 Å². The van der Waals surface area contributed by atoms with Crippen molar-refractivity contribution in [2.45, 2.75) is 455 Å². The van der Waals surface area contributed by atoms with Crippen LogP contribution in [0.5, 0.6) is 0 Å². The molecule has 10 rings (SSSR count). The van der Waals surface area contributed by atoms with Crippen LogP contribution >= 0.6 is 0 Å². The number of aliphatic hydroxyl groups is 4. The quantitative estimate of drug-likeness (QED) is 0.0477. The van der Waals surface area contributed by atoms with Crippen LogP contribution in [0.4, 0.5) is 0 Å². The first-order chi connectivity index (χ1) is 46.2. The fourth-order valence-corrected chi connectivity index (χ4v) is 14.8. The fraction of sp³-hybridized carbons (Fsp3) is 0.945. The standard InChI is InChI=1S/C10H16.C9H16.C8H16O2.C8H14O.2C8H16.C8H14.C8H18.C6H14O.C6H14.C4H10O2.C4H8O.2C2H6.2H2/c1-2-9-7-4-5-8(6-7)10(9)3-1;1-6-7(2)9-4-3-8(6)5-9;1-5-8(4,6-2)10-7(3)9;1-5-3-7-8(9-7)4-6(5)2;1-7-3-5-8(2)6-4-7;2*1-7-5-3-4-6-8(7)2;1-3-5-7-8-6-4-2;1-4-6(3,7)5-2;1-4-6(3)5-2;1-3(5)4(2)6;1-4(2)3-5;2*1-2;;/h7-10H,1-6H2;6-9H,3-5H2,1-2H3;5-6H2,1-4H3;5-8H,3-4H2,1-2H3;2*7-8H,3-6H2,1-2H3;3-4,7-8H,5-6H2,1-2H3;3-8H2,1-2H3;7H,4-5H2,1-3H3;6H,4-5H2,1-3H3;3-6H,1-2H3;3,5H,1-2H3;2*1-2H3;2*1H. The molecule has 10 aliphatic rings. The van der Waals surface area contributed by atoms with Gasteiger partial charge in [-0.15, -0.1) is 0 Å². The van der Waals surface area contributed by atoms with Gasteiger partial charge in [-0.3, -0.25) is 4.79 Å². The lowest BCUT2D eigenvalue weighted by atomic mass is 9.82. The van der Waals surface area contributed by atoms with Gasteiger partial charge in [0.2, 0.25) is 0 Å². The minimum atomic E-state index is -0.593. The molecule has 98 heavy (non-hydrogen) atoms. The molecule has 7 heteroatoms. The van der Waals surface area contributed by atoms with Gasteiger partial charge in [-0.2, -0.15) is 0 Å². The number of ether oxygens (including phenoxy) is 2. The van der Waals surface area contributed by atoms with Crippen LogP contribution in [-0.2, 0) is 14.3 Å². The summed E-state index contributed by atoms with van der Waals surface area (Å²) in [7, 11) is 0. The van der Waals surface area contributed by atoms with E-state index in [1.54, 1.807) is 58.8 Å². The van der Waals surface area contributed by atoms with Gasteiger partial charge < -0.3 is 29.9 Å². The maximum Gasteiger partial charge on any atom is 0.303 e. The molecule has 0 spiro atoms. The molecule has 1 aliphatic heterocycles. The Morgan fingerprint density at radius 2 is 0.827 bits per heavy atom. The number of fused-ring (bicyclic) bond motifs is 8. The minimum absolute atomic E-state index is 0. The van der Waals surface area contributed by atoms with Crippen LogP contribution in [0.25, 0.3) is 0 Å². The van der Waals surface area contributed by atoms with Gasteiger partial charge in [0.05, 0.1) is 36.3 Å². The molecule has 4 bridgehead atoms. The molecule has 18 atom stereocenters. The third kappa shape index (κ3) is 50.1. The zero-order valence-corrected chi connectivity index (χ0v) is 72.2.